The fourth-order valence-corrected chi connectivity index (χ4v) is 3.07. The van der Waals surface area contributed by atoms with Gasteiger partial charge in [-0.3, -0.25) is 9.59 Å². The van der Waals surface area contributed by atoms with Crippen molar-refractivity contribution in [1.29, 1.82) is 0 Å². The molecule has 9 nitrogen and oxygen atoms in total. The number of esters is 1. The van der Waals surface area contributed by atoms with Gasteiger partial charge in [-0.2, -0.15) is 4.98 Å². The number of hydrogen-bond acceptors (Lipinski definition) is 8. The lowest BCUT2D eigenvalue weighted by Gasteiger charge is -2.17. The van der Waals surface area contributed by atoms with E-state index in [1.807, 2.05) is 31.2 Å². The van der Waals surface area contributed by atoms with Gasteiger partial charge in [-0.1, -0.05) is 35.0 Å². The molecule has 9 heteroatoms. The molecule has 1 amide bonds. The molecule has 1 aromatic heterocycles. The first kappa shape index (κ1) is 22.8. The number of carbonyl (C=O) groups is 2. The second kappa shape index (κ2) is 10.4. The van der Waals surface area contributed by atoms with Crippen LogP contribution >= 0.6 is 0 Å². The highest BCUT2D eigenvalue weighted by atomic mass is 16.6. The molecule has 168 valence electrons. The van der Waals surface area contributed by atoms with Crippen molar-refractivity contribution >= 4 is 11.9 Å². The molecule has 0 fully saturated rings. The fourth-order valence-electron chi connectivity index (χ4n) is 3.07. The monoisotopic (exact) mass is 439 g/mol. The van der Waals surface area contributed by atoms with Crippen LogP contribution < -0.4 is 14.8 Å². The third kappa shape index (κ3) is 5.84. The number of hydrogen-bond donors (Lipinski definition) is 1. The molecule has 32 heavy (non-hydrogen) atoms. The van der Waals surface area contributed by atoms with E-state index in [0.29, 0.717) is 22.9 Å². The normalized spacial score (nSPS) is 11.5. The Labute approximate surface area is 185 Å². The van der Waals surface area contributed by atoms with Gasteiger partial charge in [0.1, 0.15) is 11.5 Å². The van der Waals surface area contributed by atoms with Gasteiger partial charge in [-0.25, -0.2) is 0 Å². The number of nitrogens with zero attached hydrogens (tertiary/aromatic N) is 2. The van der Waals surface area contributed by atoms with E-state index in [-0.39, 0.29) is 24.8 Å². The van der Waals surface area contributed by atoms with E-state index in [2.05, 4.69) is 15.5 Å². The molecule has 0 aliphatic carbocycles. The molecule has 1 atom stereocenters. The third-order valence-electron chi connectivity index (χ3n) is 4.70. The lowest BCUT2D eigenvalue weighted by molar-refractivity contribution is -0.146. The summed E-state index contributed by atoms with van der Waals surface area (Å²) in [7, 11) is 3.09. The molecule has 0 saturated carbocycles. The molecule has 0 aliphatic rings. The molecule has 1 N–H and O–H groups in total. The Hall–Kier alpha value is -3.88. The molecule has 3 rings (SSSR count). The Kier molecular flexibility index (Phi) is 7.43. The predicted molar refractivity (Wildman–Crippen MR) is 115 cm³/mol. The van der Waals surface area contributed by atoms with Crippen LogP contribution in [0.4, 0.5) is 0 Å². The van der Waals surface area contributed by atoms with Gasteiger partial charge in [0.05, 0.1) is 32.2 Å². The molecule has 0 spiro atoms. The lowest BCUT2D eigenvalue weighted by atomic mass is 10.0. The van der Waals surface area contributed by atoms with E-state index in [9.17, 15) is 9.59 Å². The molecule has 3 aromatic rings. The second-order valence-corrected chi connectivity index (χ2v) is 7.11. The first-order chi connectivity index (χ1) is 15.4. The van der Waals surface area contributed by atoms with Crippen LogP contribution in [-0.4, -0.2) is 36.2 Å². The maximum Gasteiger partial charge on any atom is 0.308 e. The Morgan fingerprint density at radius 1 is 1.09 bits per heavy atom. The summed E-state index contributed by atoms with van der Waals surface area (Å²) in [5.41, 5.74) is 2.51. The molecular weight excluding hydrogens is 414 g/mol. The number of nitrogens with one attached hydrogen (secondary N) is 1. The molecule has 0 bridgehead atoms. The Balaban J connectivity index is 1.64. The van der Waals surface area contributed by atoms with Crippen LogP contribution in [0, 0.1) is 6.92 Å². The van der Waals surface area contributed by atoms with Crippen LogP contribution in [0.1, 0.15) is 36.4 Å². The zero-order chi connectivity index (χ0) is 23.1. The van der Waals surface area contributed by atoms with Crippen molar-refractivity contribution in [1.82, 2.24) is 15.5 Å². The van der Waals surface area contributed by atoms with Crippen LogP contribution in [0.15, 0.2) is 47.0 Å². The first-order valence-corrected chi connectivity index (χ1v) is 9.94. The number of methoxy groups -OCH3 is 2. The molecule has 2 aromatic carbocycles. The quantitative estimate of drug-likeness (QED) is 0.505. The van der Waals surface area contributed by atoms with Crippen molar-refractivity contribution < 1.29 is 28.3 Å². The van der Waals surface area contributed by atoms with Gasteiger partial charge in [0.2, 0.25) is 11.7 Å². The number of ether oxygens (including phenoxy) is 3. The van der Waals surface area contributed by atoms with Crippen molar-refractivity contribution in [3.63, 3.8) is 0 Å². The summed E-state index contributed by atoms with van der Waals surface area (Å²) in [6, 6.07) is 12.3. The minimum Gasteiger partial charge on any atom is -0.497 e. The topological polar surface area (TPSA) is 113 Å². The molecule has 0 saturated heterocycles. The smallest absolute Gasteiger partial charge is 0.308 e. The van der Waals surface area contributed by atoms with E-state index < -0.39 is 12.0 Å². The predicted octanol–water partition coefficient (Wildman–Crippen LogP) is 3.37. The van der Waals surface area contributed by atoms with Gasteiger partial charge in [-0.05, 0) is 24.6 Å². The van der Waals surface area contributed by atoms with Gasteiger partial charge in [0, 0.05) is 13.0 Å². The maximum absolute atomic E-state index is 12.4. The van der Waals surface area contributed by atoms with E-state index in [0.717, 1.165) is 11.1 Å². The Morgan fingerprint density at radius 2 is 1.84 bits per heavy atom. The minimum absolute atomic E-state index is 0.0318. The first-order valence-electron chi connectivity index (χ1n) is 9.94. The standard InChI is InChI=1S/C23H25N3O6/c1-14-5-7-16(8-6-14)19(24-15(2)27)12-22(28)31-13-21-25-23(26-32-21)18-10-9-17(29-3)11-20(18)30-4/h5-11,19H,12-13H2,1-4H3,(H,24,27). The number of amides is 1. The highest BCUT2D eigenvalue weighted by molar-refractivity contribution is 5.76. The van der Waals surface area contributed by atoms with Crippen LogP contribution in [0.2, 0.25) is 0 Å². The second-order valence-electron chi connectivity index (χ2n) is 7.11. The Morgan fingerprint density at radius 3 is 2.50 bits per heavy atom. The molecule has 1 heterocycles. The van der Waals surface area contributed by atoms with Crippen LogP contribution in [0.25, 0.3) is 11.4 Å². The third-order valence-corrected chi connectivity index (χ3v) is 4.70. The van der Waals surface area contributed by atoms with Gasteiger partial charge in [-0.15, -0.1) is 0 Å². The summed E-state index contributed by atoms with van der Waals surface area (Å²) in [6.45, 7) is 3.18. The van der Waals surface area contributed by atoms with Crippen molar-refractivity contribution in [3.8, 4) is 22.9 Å². The SMILES string of the molecule is COc1ccc(-c2noc(COC(=O)CC(NC(C)=O)c3ccc(C)cc3)n2)c(OC)c1. The van der Waals surface area contributed by atoms with Crippen LogP contribution in [0.3, 0.4) is 0 Å². The van der Waals surface area contributed by atoms with E-state index >= 15 is 0 Å². The van der Waals surface area contributed by atoms with Gasteiger partial charge >= 0.3 is 5.97 Å². The van der Waals surface area contributed by atoms with Crippen LogP contribution in [-0.2, 0) is 20.9 Å². The molecule has 1 unspecified atom stereocenters. The summed E-state index contributed by atoms with van der Waals surface area (Å²) in [5, 5.41) is 6.71. The number of benzene rings is 2. The number of rotatable bonds is 9. The number of carbonyl (C=O) groups excluding carboxylic acids is 2. The van der Waals surface area contributed by atoms with E-state index in [1.165, 1.54) is 14.0 Å². The molecule has 0 aliphatic heterocycles. The van der Waals surface area contributed by atoms with Crippen LogP contribution in [0.5, 0.6) is 11.5 Å². The van der Waals surface area contributed by atoms with Gasteiger partial charge < -0.3 is 24.1 Å². The fraction of sp³-hybridized carbons (Fsp3) is 0.304. The average Bonchev–Trinajstić information content (AvgIpc) is 3.26. The number of aromatic nitrogens is 2. The van der Waals surface area contributed by atoms with Crippen molar-refractivity contribution in [3.05, 3.63) is 59.5 Å². The zero-order valence-electron chi connectivity index (χ0n) is 18.4. The summed E-state index contributed by atoms with van der Waals surface area (Å²) >= 11 is 0. The summed E-state index contributed by atoms with van der Waals surface area (Å²) < 4.78 is 21.0. The summed E-state index contributed by atoms with van der Waals surface area (Å²) in [6.07, 6.45) is -0.0318. The molecular formula is C23H25N3O6. The van der Waals surface area contributed by atoms with Crippen molar-refractivity contribution in [2.75, 3.05) is 14.2 Å². The van der Waals surface area contributed by atoms with Gasteiger partial charge in [0.15, 0.2) is 6.61 Å². The largest absolute Gasteiger partial charge is 0.497 e. The van der Waals surface area contributed by atoms with E-state index in [4.69, 9.17) is 18.7 Å². The Bertz CT molecular complexity index is 1080. The summed E-state index contributed by atoms with van der Waals surface area (Å²) in [4.78, 5) is 28.2. The van der Waals surface area contributed by atoms with Crippen molar-refractivity contribution in [2.24, 2.45) is 0 Å². The summed E-state index contributed by atoms with van der Waals surface area (Å²) in [5.74, 6) is 0.837. The zero-order valence-corrected chi connectivity index (χ0v) is 18.4. The molecule has 0 radical (unpaired) electrons. The van der Waals surface area contributed by atoms with E-state index in [1.54, 1.807) is 25.3 Å². The highest BCUT2D eigenvalue weighted by Gasteiger charge is 2.20. The lowest BCUT2D eigenvalue weighted by Crippen LogP contribution is -2.28. The van der Waals surface area contributed by atoms with Crippen molar-refractivity contribution in [2.45, 2.75) is 32.9 Å². The maximum atomic E-state index is 12.4. The average molecular weight is 439 g/mol. The minimum atomic E-state index is -0.508. The highest BCUT2D eigenvalue weighted by Crippen LogP contribution is 2.31. The number of aryl methyl sites for hydroxylation is 1. The van der Waals surface area contributed by atoms with Gasteiger partial charge in [0.25, 0.3) is 5.89 Å².